The molecule has 0 aromatic heterocycles. The van der Waals surface area contributed by atoms with Crippen LogP contribution < -0.4 is 28.7 Å². The number of methoxy groups -OCH3 is 4. The molecule has 1 N–H and O–H groups in total. The molecule has 12 nitrogen and oxygen atoms in total. The number of likely N-dealkylation sites (N-methyl/N-ethyl adjacent to an activating group) is 1. The first-order chi connectivity index (χ1) is 28.3. The van der Waals surface area contributed by atoms with E-state index in [9.17, 15) is 20.0 Å². The summed E-state index contributed by atoms with van der Waals surface area (Å²) in [6.45, 7) is 2.48. The number of benzodiazepines with no additional fused rings is 2. The minimum atomic E-state index is -0.681. The smallest absolute Gasteiger partial charge is 0.252 e. The summed E-state index contributed by atoms with van der Waals surface area (Å²) in [7, 11) is 6.28. The maximum Gasteiger partial charge on any atom is 0.252 e. The molecule has 0 fully saturated rings. The van der Waals surface area contributed by atoms with Crippen LogP contribution in [0.2, 0.25) is 0 Å². The first-order valence-corrected chi connectivity index (χ1v) is 18.8. The summed E-state index contributed by atoms with van der Waals surface area (Å²) in [6.07, 6.45) is 0.331. The molecule has 2 amide bonds. The maximum atomic E-state index is 13.7. The van der Waals surface area contributed by atoms with Gasteiger partial charge in [-0.1, -0.05) is 78.9 Å². The molecule has 0 radical (unpaired) electrons. The van der Waals surface area contributed by atoms with Gasteiger partial charge in [0.15, 0.2) is 23.0 Å². The molecule has 58 heavy (non-hydrogen) atoms. The quantitative estimate of drug-likeness (QED) is 0.165. The summed E-state index contributed by atoms with van der Waals surface area (Å²) < 4.78 is 21.9. The zero-order chi connectivity index (χ0) is 41.2. The topological polar surface area (TPSA) is 146 Å². The van der Waals surface area contributed by atoms with Gasteiger partial charge in [0.25, 0.3) is 5.91 Å². The fourth-order valence-electron chi connectivity index (χ4n) is 7.08. The van der Waals surface area contributed by atoms with E-state index in [-0.39, 0.29) is 31.5 Å². The van der Waals surface area contributed by atoms with Gasteiger partial charge in [-0.2, -0.15) is 5.26 Å². The Hall–Kier alpha value is -6.97. The molecule has 0 bridgehead atoms. The third-order valence-corrected chi connectivity index (χ3v) is 9.89. The van der Waals surface area contributed by atoms with Gasteiger partial charge in [0, 0.05) is 53.9 Å². The highest BCUT2D eigenvalue weighted by molar-refractivity contribution is 6.21. The number of aliphatic hydroxyl groups is 1. The molecular formula is C46H45N5O7. The number of fused-ring (bicyclic) bond motifs is 2. The Morgan fingerprint density at radius 1 is 0.707 bits per heavy atom. The predicted molar refractivity (Wildman–Crippen MR) is 224 cm³/mol. The molecule has 2 aliphatic heterocycles. The summed E-state index contributed by atoms with van der Waals surface area (Å²) in [5, 5.41) is 18.9. The van der Waals surface area contributed by atoms with Crippen molar-refractivity contribution in [3.8, 4) is 29.1 Å². The van der Waals surface area contributed by atoms with E-state index in [1.807, 2.05) is 104 Å². The second-order valence-corrected chi connectivity index (χ2v) is 13.2. The van der Waals surface area contributed by atoms with Crippen molar-refractivity contribution in [2.45, 2.75) is 19.4 Å². The van der Waals surface area contributed by atoms with Crippen molar-refractivity contribution in [1.29, 1.82) is 5.26 Å². The first kappa shape index (κ1) is 40.7. The van der Waals surface area contributed by atoms with Crippen molar-refractivity contribution in [2.75, 3.05) is 64.5 Å². The third-order valence-electron chi connectivity index (χ3n) is 9.89. The molecule has 5 aromatic carbocycles. The van der Waals surface area contributed by atoms with Gasteiger partial charge in [0.05, 0.1) is 69.5 Å². The molecule has 0 spiro atoms. The van der Waals surface area contributed by atoms with Crippen LogP contribution in [-0.2, 0) is 16.0 Å². The normalized spacial score (nSPS) is 14.6. The van der Waals surface area contributed by atoms with E-state index in [0.717, 1.165) is 33.5 Å². The highest BCUT2D eigenvalue weighted by Crippen LogP contribution is 2.40. The van der Waals surface area contributed by atoms with Crippen molar-refractivity contribution < 1.29 is 33.6 Å². The molecule has 7 rings (SSSR count). The molecule has 0 saturated heterocycles. The number of aliphatic hydroxyl groups excluding tert-OH is 1. The number of anilines is 2. The van der Waals surface area contributed by atoms with Crippen LogP contribution in [0.4, 0.5) is 11.4 Å². The highest BCUT2D eigenvalue weighted by Gasteiger charge is 2.33. The average Bonchev–Trinajstić information content (AvgIpc) is 3.47. The van der Waals surface area contributed by atoms with Crippen molar-refractivity contribution in [1.82, 2.24) is 0 Å². The van der Waals surface area contributed by atoms with Gasteiger partial charge < -0.3 is 33.9 Å². The van der Waals surface area contributed by atoms with Crippen LogP contribution in [0, 0.1) is 11.3 Å². The molecule has 2 heterocycles. The van der Waals surface area contributed by atoms with Gasteiger partial charge in [0.1, 0.15) is 12.6 Å². The van der Waals surface area contributed by atoms with Crippen LogP contribution in [0.3, 0.4) is 0 Å². The standard InChI is InChI=1S/C27H25N3O3.C19H20N2O4/c1-4-30-23-16-25(33-3)24(32-2)15-21(23)26(18-10-6-5-7-11-18)29-22(27(30)31)14-19-12-8-9-13-20(19)17-28;1-24-16-10-14-15(11-17(16)25-2)21(8-9-22)18(23)12-20-19(14)13-6-4-3-5-7-13/h5-13,15-16,22H,4,14H2,1-3H3;3-7,10-11,22H,8-9,12H2,1-2H3. The summed E-state index contributed by atoms with van der Waals surface area (Å²) in [5.74, 6) is 1.90. The van der Waals surface area contributed by atoms with Gasteiger partial charge in [-0.3, -0.25) is 19.6 Å². The van der Waals surface area contributed by atoms with Crippen molar-refractivity contribution >= 4 is 34.6 Å². The number of rotatable bonds is 11. The van der Waals surface area contributed by atoms with E-state index in [1.165, 1.54) is 4.90 Å². The first-order valence-electron chi connectivity index (χ1n) is 18.8. The number of β-amino-alcohol motifs (C(OH)–C–C–N with tert-alkyl or cyclic N) is 1. The van der Waals surface area contributed by atoms with E-state index in [2.05, 4.69) is 11.1 Å². The number of nitrogens with zero attached hydrogens (tertiary/aromatic N) is 5. The second-order valence-electron chi connectivity index (χ2n) is 13.2. The number of aliphatic imine (C=N–C) groups is 2. The summed E-state index contributed by atoms with van der Waals surface area (Å²) >= 11 is 0. The molecule has 0 aliphatic carbocycles. The number of carbonyl (C=O) groups is 2. The number of ether oxygens (including phenoxy) is 4. The van der Waals surface area contributed by atoms with Gasteiger partial charge in [-0.25, -0.2) is 0 Å². The maximum absolute atomic E-state index is 13.7. The van der Waals surface area contributed by atoms with Gasteiger partial charge in [-0.05, 0) is 30.7 Å². The lowest BCUT2D eigenvalue weighted by Gasteiger charge is -2.25. The van der Waals surface area contributed by atoms with E-state index in [0.29, 0.717) is 58.6 Å². The number of hydrogen-bond acceptors (Lipinski definition) is 10. The summed E-state index contributed by atoms with van der Waals surface area (Å²) in [4.78, 5) is 39.1. The van der Waals surface area contributed by atoms with Crippen molar-refractivity contribution in [3.63, 3.8) is 0 Å². The molecule has 1 atom stereocenters. The Balaban J connectivity index is 0.000000203. The molecule has 2 aliphatic rings. The van der Waals surface area contributed by atoms with E-state index in [1.54, 1.807) is 45.5 Å². The zero-order valence-electron chi connectivity index (χ0n) is 33.1. The average molecular weight is 780 g/mol. The number of nitriles is 1. The highest BCUT2D eigenvalue weighted by atomic mass is 16.5. The Kier molecular flexibility index (Phi) is 13.2. The second kappa shape index (κ2) is 18.8. The van der Waals surface area contributed by atoms with Crippen molar-refractivity contribution in [2.24, 2.45) is 9.98 Å². The SMILES string of the molecule is CCN1C(=O)C(Cc2ccccc2C#N)N=C(c2ccccc2)c2cc(OC)c(OC)cc21.COc1cc2c(cc1OC)N(CCO)C(=O)CN=C2c1ccccc1. The summed E-state index contributed by atoms with van der Waals surface area (Å²) in [5.41, 5.74) is 7.51. The molecule has 1 unspecified atom stereocenters. The third kappa shape index (κ3) is 8.40. The van der Waals surface area contributed by atoms with Crippen LogP contribution >= 0.6 is 0 Å². The van der Waals surface area contributed by atoms with Crippen LogP contribution in [0.25, 0.3) is 0 Å². The molecule has 5 aromatic rings. The number of benzene rings is 5. The Labute approximate surface area is 338 Å². The minimum absolute atomic E-state index is 0.0174. The van der Waals surface area contributed by atoms with E-state index >= 15 is 0 Å². The largest absolute Gasteiger partial charge is 0.493 e. The molecule has 12 heteroatoms. The van der Waals surface area contributed by atoms with Crippen LogP contribution in [-0.4, -0.2) is 89.1 Å². The fraction of sp³-hybridized carbons (Fsp3) is 0.239. The van der Waals surface area contributed by atoms with Crippen LogP contribution in [0.15, 0.2) is 119 Å². The van der Waals surface area contributed by atoms with Gasteiger partial charge in [0.2, 0.25) is 5.91 Å². The molecule has 0 saturated carbocycles. The summed E-state index contributed by atoms with van der Waals surface area (Å²) in [6, 6.07) is 35.7. The van der Waals surface area contributed by atoms with E-state index in [4.69, 9.17) is 23.9 Å². The van der Waals surface area contributed by atoms with E-state index < -0.39 is 6.04 Å². The van der Waals surface area contributed by atoms with Gasteiger partial charge in [-0.15, -0.1) is 0 Å². The lowest BCUT2D eigenvalue weighted by atomic mass is 9.99. The number of amides is 2. The molecule has 296 valence electrons. The Morgan fingerprint density at radius 3 is 1.74 bits per heavy atom. The minimum Gasteiger partial charge on any atom is -0.493 e. The van der Waals surface area contributed by atoms with Crippen LogP contribution in [0.5, 0.6) is 23.0 Å². The van der Waals surface area contributed by atoms with Crippen molar-refractivity contribution in [3.05, 3.63) is 143 Å². The number of carbonyl (C=O) groups excluding carboxylic acids is 2. The lowest BCUT2D eigenvalue weighted by Crippen LogP contribution is -2.39. The fourth-order valence-corrected chi connectivity index (χ4v) is 7.08. The Bertz CT molecular complexity index is 2370. The predicted octanol–water partition coefficient (Wildman–Crippen LogP) is 6.27. The molecular weight excluding hydrogens is 735 g/mol. The lowest BCUT2D eigenvalue weighted by molar-refractivity contribution is -0.119. The Morgan fingerprint density at radius 2 is 1.21 bits per heavy atom. The monoisotopic (exact) mass is 779 g/mol. The van der Waals surface area contributed by atoms with Crippen LogP contribution in [0.1, 0.15) is 40.3 Å². The van der Waals surface area contributed by atoms with Gasteiger partial charge >= 0.3 is 0 Å². The zero-order valence-corrected chi connectivity index (χ0v) is 33.1. The number of hydrogen-bond donors (Lipinski definition) is 1.